The van der Waals surface area contributed by atoms with Crippen LogP contribution in [-0.2, 0) is 12.4 Å². The Morgan fingerprint density at radius 2 is 1.78 bits per heavy atom. The average Bonchev–Trinajstić information content (AvgIpc) is 3.14. The third-order valence-corrected chi connectivity index (χ3v) is 4.68. The van der Waals surface area contributed by atoms with Gasteiger partial charge in [0, 0.05) is 26.0 Å². The molecule has 3 aromatic rings. The maximum atomic E-state index is 13.5. The molecule has 0 aliphatic heterocycles. The van der Waals surface area contributed by atoms with Gasteiger partial charge in [0.1, 0.15) is 11.3 Å². The Balaban J connectivity index is 2.02. The number of rotatable bonds is 5. The molecule has 3 rings (SSSR count). The summed E-state index contributed by atoms with van der Waals surface area (Å²) in [6.45, 7) is -0.726. The molecule has 0 radical (unpaired) electrons. The van der Waals surface area contributed by atoms with E-state index in [9.17, 15) is 36.2 Å². The first-order valence-electron chi connectivity index (χ1n) is 9.13. The van der Waals surface area contributed by atoms with Crippen LogP contribution in [0.3, 0.4) is 0 Å². The Labute approximate surface area is 177 Å². The molecule has 0 aliphatic rings. The van der Waals surface area contributed by atoms with Crippen molar-refractivity contribution in [2.45, 2.75) is 18.5 Å². The summed E-state index contributed by atoms with van der Waals surface area (Å²) in [5, 5.41) is 18.3. The quantitative estimate of drug-likeness (QED) is 0.571. The highest BCUT2D eigenvalue weighted by Gasteiger charge is 2.38. The molecular formula is C20H17F6N3O3. The SMILES string of the molecule is CN(CC(O)CO)C(=O)c1cn2cc(-c3ccc(C(F)(F)F)cc3C(F)(F)F)ccc2n1. The normalized spacial score (nSPS) is 13.4. The van der Waals surface area contributed by atoms with E-state index in [1.54, 1.807) is 0 Å². The van der Waals surface area contributed by atoms with Gasteiger partial charge in [0.15, 0.2) is 0 Å². The van der Waals surface area contributed by atoms with Crippen molar-refractivity contribution in [1.29, 1.82) is 0 Å². The Morgan fingerprint density at radius 1 is 1.09 bits per heavy atom. The minimum atomic E-state index is -5.03. The van der Waals surface area contributed by atoms with Crippen molar-refractivity contribution in [2.75, 3.05) is 20.2 Å². The molecule has 0 saturated heterocycles. The van der Waals surface area contributed by atoms with Crippen LogP contribution < -0.4 is 0 Å². The molecular weight excluding hydrogens is 444 g/mol. The highest BCUT2D eigenvalue weighted by molar-refractivity contribution is 5.92. The molecule has 0 aliphatic carbocycles. The maximum absolute atomic E-state index is 13.5. The van der Waals surface area contributed by atoms with E-state index >= 15 is 0 Å². The minimum absolute atomic E-state index is 0.0287. The number of carbonyl (C=O) groups excluding carboxylic acids is 1. The van der Waals surface area contributed by atoms with E-state index in [1.807, 2.05) is 0 Å². The van der Waals surface area contributed by atoms with Gasteiger partial charge < -0.3 is 19.5 Å². The number of aliphatic hydroxyl groups excluding tert-OH is 2. The topological polar surface area (TPSA) is 78.1 Å². The summed E-state index contributed by atoms with van der Waals surface area (Å²) < 4.78 is 80.4. The summed E-state index contributed by atoms with van der Waals surface area (Å²) in [6, 6.07) is 3.96. The summed E-state index contributed by atoms with van der Waals surface area (Å²) in [5.74, 6) is -0.603. The molecule has 0 fully saturated rings. The molecule has 1 unspecified atom stereocenters. The Kier molecular flexibility index (Phi) is 6.20. The maximum Gasteiger partial charge on any atom is 0.417 e. The monoisotopic (exact) mass is 461 g/mol. The zero-order valence-corrected chi connectivity index (χ0v) is 16.4. The van der Waals surface area contributed by atoms with E-state index in [4.69, 9.17) is 5.11 Å². The molecule has 0 saturated carbocycles. The van der Waals surface area contributed by atoms with Crippen LogP contribution in [-0.4, -0.2) is 56.7 Å². The molecule has 2 heterocycles. The van der Waals surface area contributed by atoms with E-state index in [0.717, 1.165) is 11.0 Å². The molecule has 172 valence electrons. The lowest BCUT2D eigenvalue weighted by atomic mass is 9.98. The lowest BCUT2D eigenvalue weighted by Gasteiger charge is -2.18. The second kappa shape index (κ2) is 8.43. The van der Waals surface area contributed by atoms with Gasteiger partial charge in [-0.3, -0.25) is 4.79 Å². The van der Waals surface area contributed by atoms with Gasteiger partial charge in [-0.1, -0.05) is 6.07 Å². The van der Waals surface area contributed by atoms with Crippen LogP contribution in [0.5, 0.6) is 0 Å². The smallest absolute Gasteiger partial charge is 0.394 e. The number of hydrogen-bond donors (Lipinski definition) is 2. The number of halogens is 6. The van der Waals surface area contributed by atoms with Crippen LogP contribution in [0.1, 0.15) is 21.6 Å². The zero-order valence-electron chi connectivity index (χ0n) is 16.4. The first kappa shape index (κ1) is 23.5. The van der Waals surface area contributed by atoms with Crippen LogP contribution in [0.25, 0.3) is 16.8 Å². The Morgan fingerprint density at radius 3 is 2.38 bits per heavy atom. The number of benzene rings is 1. The van der Waals surface area contributed by atoms with Crippen LogP contribution in [0.2, 0.25) is 0 Å². The van der Waals surface area contributed by atoms with Gasteiger partial charge in [-0.05, 0) is 35.4 Å². The van der Waals surface area contributed by atoms with Crippen molar-refractivity contribution < 1.29 is 41.4 Å². The fourth-order valence-corrected chi connectivity index (χ4v) is 3.11. The summed E-state index contributed by atoms with van der Waals surface area (Å²) in [6.07, 6.45) is -8.65. The summed E-state index contributed by atoms with van der Waals surface area (Å²) in [4.78, 5) is 17.6. The number of pyridine rings is 1. The summed E-state index contributed by atoms with van der Waals surface area (Å²) in [7, 11) is 1.37. The van der Waals surface area contributed by atoms with Gasteiger partial charge in [-0.25, -0.2) is 4.98 Å². The third-order valence-electron chi connectivity index (χ3n) is 4.68. The standard InChI is InChI=1S/C20H17F6N3O3/c1-28(8-13(31)10-30)18(32)16-9-29-7-11(2-5-17(29)27-16)14-4-3-12(19(21,22)23)6-15(14)20(24,25)26/h2-7,9,13,30-31H,8,10H2,1H3. The number of amides is 1. The molecule has 1 amide bonds. The number of fused-ring (bicyclic) bond motifs is 1. The molecule has 32 heavy (non-hydrogen) atoms. The summed E-state index contributed by atoms with van der Waals surface area (Å²) >= 11 is 0. The van der Waals surface area contributed by atoms with Gasteiger partial charge in [0.25, 0.3) is 5.91 Å². The zero-order chi connectivity index (χ0) is 23.8. The van der Waals surface area contributed by atoms with E-state index in [2.05, 4.69) is 4.98 Å². The highest BCUT2D eigenvalue weighted by atomic mass is 19.4. The van der Waals surface area contributed by atoms with E-state index in [-0.39, 0.29) is 29.5 Å². The van der Waals surface area contributed by atoms with Crippen LogP contribution >= 0.6 is 0 Å². The molecule has 1 atom stereocenters. The number of hydrogen-bond acceptors (Lipinski definition) is 4. The fraction of sp³-hybridized carbons (Fsp3) is 0.300. The number of likely N-dealkylation sites (N-methyl/N-ethyl adjacent to an activating group) is 1. The highest BCUT2D eigenvalue weighted by Crippen LogP contribution is 2.40. The number of nitrogens with zero attached hydrogens (tertiary/aromatic N) is 3. The number of imidazole rings is 1. The predicted octanol–water partition coefficient (Wildman–Crippen LogP) is 3.46. The second-order valence-electron chi connectivity index (χ2n) is 7.09. The number of aromatic nitrogens is 2. The third kappa shape index (κ3) is 4.86. The lowest BCUT2D eigenvalue weighted by molar-refractivity contribution is -0.142. The van der Waals surface area contributed by atoms with Crippen molar-refractivity contribution in [1.82, 2.24) is 14.3 Å². The van der Waals surface area contributed by atoms with Crippen molar-refractivity contribution in [2.24, 2.45) is 0 Å². The summed E-state index contributed by atoms with van der Waals surface area (Å²) in [5.41, 5.74) is -3.21. The van der Waals surface area contributed by atoms with Crippen molar-refractivity contribution >= 4 is 11.6 Å². The largest absolute Gasteiger partial charge is 0.417 e. The van der Waals surface area contributed by atoms with Crippen molar-refractivity contribution in [3.63, 3.8) is 0 Å². The van der Waals surface area contributed by atoms with Gasteiger partial charge >= 0.3 is 12.4 Å². The molecule has 0 bridgehead atoms. The second-order valence-corrected chi connectivity index (χ2v) is 7.09. The molecule has 6 nitrogen and oxygen atoms in total. The van der Waals surface area contributed by atoms with E-state index in [1.165, 1.54) is 36.0 Å². The Hall–Kier alpha value is -3.12. The number of alkyl halides is 6. The van der Waals surface area contributed by atoms with Crippen molar-refractivity contribution in [3.05, 3.63) is 59.5 Å². The molecule has 2 aromatic heterocycles. The first-order chi connectivity index (χ1) is 14.8. The van der Waals surface area contributed by atoms with Crippen LogP contribution in [0.4, 0.5) is 26.3 Å². The van der Waals surface area contributed by atoms with E-state index < -0.39 is 47.7 Å². The molecule has 1 aromatic carbocycles. The van der Waals surface area contributed by atoms with Crippen LogP contribution in [0.15, 0.2) is 42.7 Å². The predicted molar refractivity (Wildman–Crippen MR) is 101 cm³/mol. The average molecular weight is 461 g/mol. The number of aliphatic hydroxyl groups is 2. The van der Waals surface area contributed by atoms with Gasteiger partial charge in [-0.2, -0.15) is 26.3 Å². The molecule has 0 spiro atoms. The van der Waals surface area contributed by atoms with Crippen molar-refractivity contribution in [3.8, 4) is 11.1 Å². The molecule has 2 N–H and O–H groups in total. The lowest BCUT2D eigenvalue weighted by Crippen LogP contribution is -2.36. The Bertz CT molecular complexity index is 1140. The van der Waals surface area contributed by atoms with Crippen LogP contribution in [0, 0.1) is 0 Å². The van der Waals surface area contributed by atoms with Gasteiger partial charge in [-0.15, -0.1) is 0 Å². The van der Waals surface area contributed by atoms with E-state index in [0.29, 0.717) is 6.07 Å². The fourth-order valence-electron chi connectivity index (χ4n) is 3.11. The number of carbonyl (C=O) groups is 1. The van der Waals surface area contributed by atoms with Gasteiger partial charge in [0.05, 0.1) is 23.8 Å². The molecule has 12 heteroatoms. The van der Waals surface area contributed by atoms with Gasteiger partial charge in [0.2, 0.25) is 0 Å². The minimum Gasteiger partial charge on any atom is -0.394 e. The first-order valence-corrected chi connectivity index (χ1v) is 9.13.